The molecule has 27 heavy (non-hydrogen) atoms. The molecule has 0 saturated carbocycles. The fourth-order valence-corrected chi connectivity index (χ4v) is 2.99. The zero-order valence-corrected chi connectivity index (χ0v) is 16.8. The third-order valence-electron chi connectivity index (χ3n) is 4.33. The Hall–Kier alpha value is -2.49. The van der Waals surface area contributed by atoms with Crippen LogP contribution in [0.1, 0.15) is 45.2 Å². The average molecular weight is 370 g/mol. The lowest BCUT2D eigenvalue weighted by atomic mass is 10.1. The minimum atomic E-state index is -0.515. The number of phenolic OH excluding ortho intramolecular Hbond substituents is 1. The summed E-state index contributed by atoms with van der Waals surface area (Å²) in [6, 6.07) is 17.5. The molecule has 4 heteroatoms. The van der Waals surface area contributed by atoms with Crippen LogP contribution in [0.25, 0.3) is 0 Å². The van der Waals surface area contributed by atoms with Crippen molar-refractivity contribution in [2.24, 2.45) is 0 Å². The number of ether oxygens (including phenoxy) is 1. The lowest BCUT2D eigenvalue weighted by Gasteiger charge is -2.32. The second-order valence-electron chi connectivity index (χ2n) is 7.98. The quantitative estimate of drug-likeness (QED) is 0.730. The molecule has 1 N–H and O–H groups in total. The molecule has 0 aromatic heterocycles. The number of carbonyl (C=O) groups excluding carboxylic acids is 1. The van der Waals surface area contributed by atoms with Gasteiger partial charge in [-0.25, -0.2) is 4.79 Å². The van der Waals surface area contributed by atoms with Crippen LogP contribution in [-0.2, 0) is 17.6 Å². The number of hydrogen-bond acceptors (Lipinski definition) is 3. The summed E-state index contributed by atoms with van der Waals surface area (Å²) in [5.41, 5.74) is 1.84. The first-order chi connectivity index (χ1) is 12.7. The van der Waals surface area contributed by atoms with E-state index in [0.29, 0.717) is 6.54 Å². The van der Waals surface area contributed by atoms with E-state index in [4.69, 9.17) is 4.74 Å². The van der Waals surface area contributed by atoms with E-state index in [2.05, 4.69) is 19.1 Å². The van der Waals surface area contributed by atoms with Crippen LogP contribution in [0.2, 0.25) is 0 Å². The van der Waals surface area contributed by atoms with Gasteiger partial charge < -0.3 is 14.7 Å². The maximum atomic E-state index is 12.7. The maximum absolute atomic E-state index is 12.7. The number of aromatic hydroxyl groups is 1. The van der Waals surface area contributed by atoms with Gasteiger partial charge in [-0.1, -0.05) is 42.5 Å². The van der Waals surface area contributed by atoms with E-state index in [1.54, 1.807) is 12.1 Å². The summed E-state index contributed by atoms with van der Waals surface area (Å²) in [5.74, 6) is 0.269. The van der Waals surface area contributed by atoms with Gasteiger partial charge in [0.05, 0.1) is 0 Å². The van der Waals surface area contributed by atoms with Crippen LogP contribution in [0.4, 0.5) is 4.79 Å². The van der Waals surface area contributed by atoms with Gasteiger partial charge in [0.15, 0.2) is 0 Å². The van der Waals surface area contributed by atoms with Gasteiger partial charge >= 0.3 is 6.09 Å². The van der Waals surface area contributed by atoms with Crippen LogP contribution in [-0.4, -0.2) is 34.3 Å². The Kier molecular flexibility index (Phi) is 7.28. The third-order valence-corrected chi connectivity index (χ3v) is 4.33. The van der Waals surface area contributed by atoms with Crippen molar-refractivity contribution in [3.05, 3.63) is 65.7 Å². The summed E-state index contributed by atoms with van der Waals surface area (Å²) in [5, 5.41) is 9.39. The molecule has 0 bridgehead atoms. The minimum Gasteiger partial charge on any atom is -0.508 e. The third kappa shape index (κ3) is 7.33. The van der Waals surface area contributed by atoms with Gasteiger partial charge in [-0.05, 0) is 70.2 Å². The van der Waals surface area contributed by atoms with Crippen molar-refractivity contribution in [1.82, 2.24) is 4.90 Å². The lowest BCUT2D eigenvalue weighted by molar-refractivity contribution is 0.0174. The van der Waals surface area contributed by atoms with Crippen molar-refractivity contribution in [3.63, 3.8) is 0 Å². The summed E-state index contributed by atoms with van der Waals surface area (Å²) >= 11 is 0. The molecule has 146 valence electrons. The van der Waals surface area contributed by atoms with Crippen LogP contribution < -0.4 is 0 Å². The molecule has 0 spiro atoms. The molecule has 1 atom stereocenters. The molecular formula is C23H31NO3. The average Bonchev–Trinajstić information content (AvgIpc) is 2.59. The predicted molar refractivity (Wildman–Crippen MR) is 109 cm³/mol. The lowest BCUT2D eigenvalue weighted by Crippen LogP contribution is -2.43. The van der Waals surface area contributed by atoms with E-state index in [-0.39, 0.29) is 17.9 Å². The van der Waals surface area contributed by atoms with Crippen LogP contribution >= 0.6 is 0 Å². The molecule has 0 fully saturated rings. The predicted octanol–water partition coefficient (Wildman–Crippen LogP) is 5.19. The molecule has 0 heterocycles. The Bertz CT molecular complexity index is 705. The van der Waals surface area contributed by atoms with Gasteiger partial charge in [0.1, 0.15) is 11.4 Å². The number of nitrogens with zero attached hydrogens (tertiary/aromatic N) is 1. The number of hydrogen-bond donors (Lipinski definition) is 1. The summed E-state index contributed by atoms with van der Waals surface area (Å²) in [4.78, 5) is 14.6. The highest BCUT2D eigenvalue weighted by Crippen LogP contribution is 2.17. The molecule has 0 saturated heterocycles. The van der Waals surface area contributed by atoms with Gasteiger partial charge in [-0.2, -0.15) is 0 Å². The van der Waals surface area contributed by atoms with Crippen LogP contribution in [0, 0.1) is 0 Å². The highest BCUT2D eigenvalue weighted by Gasteiger charge is 2.25. The SMILES string of the molecule is CC(Cc1ccccc1)N(CCCc1ccc(O)cc1)C(=O)OC(C)(C)C. The Morgan fingerprint density at radius 3 is 2.26 bits per heavy atom. The molecule has 4 nitrogen and oxygen atoms in total. The highest BCUT2D eigenvalue weighted by atomic mass is 16.6. The molecule has 0 aliphatic heterocycles. The van der Waals surface area contributed by atoms with Gasteiger partial charge in [0, 0.05) is 12.6 Å². The number of amides is 1. The van der Waals surface area contributed by atoms with Gasteiger partial charge in [-0.15, -0.1) is 0 Å². The first kappa shape index (κ1) is 20.8. The van der Waals surface area contributed by atoms with Gasteiger partial charge in [0.25, 0.3) is 0 Å². The van der Waals surface area contributed by atoms with E-state index < -0.39 is 5.60 Å². The number of phenols is 1. The Labute approximate surface area is 162 Å². The smallest absolute Gasteiger partial charge is 0.410 e. The van der Waals surface area contributed by atoms with Crippen molar-refractivity contribution in [2.45, 2.75) is 58.6 Å². The van der Waals surface area contributed by atoms with E-state index in [9.17, 15) is 9.90 Å². The number of benzene rings is 2. The van der Waals surface area contributed by atoms with Crippen molar-refractivity contribution < 1.29 is 14.6 Å². The molecule has 0 aliphatic carbocycles. The first-order valence-corrected chi connectivity index (χ1v) is 9.56. The summed E-state index contributed by atoms with van der Waals surface area (Å²) in [6.07, 6.45) is 2.21. The standard InChI is InChI=1S/C23H31NO3/c1-18(17-20-9-6-5-7-10-20)24(22(26)27-23(2,3)4)16-8-11-19-12-14-21(25)15-13-19/h5-7,9-10,12-15,18,25H,8,11,16-17H2,1-4H3. The van der Waals surface area contributed by atoms with Crippen LogP contribution in [0.5, 0.6) is 5.75 Å². The topological polar surface area (TPSA) is 49.8 Å². The monoisotopic (exact) mass is 369 g/mol. The highest BCUT2D eigenvalue weighted by molar-refractivity contribution is 5.68. The normalized spacial score (nSPS) is 12.4. The number of aryl methyl sites for hydroxylation is 1. The molecule has 1 amide bonds. The molecule has 1 unspecified atom stereocenters. The van der Waals surface area contributed by atoms with E-state index in [0.717, 1.165) is 24.8 Å². The van der Waals surface area contributed by atoms with Crippen LogP contribution in [0.15, 0.2) is 54.6 Å². The molecule has 0 aliphatic rings. The fourth-order valence-electron chi connectivity index (χ4n) is 2.99. The Balaban J connectivity index is 2.01. The summed E-state index contributed by atoms with van der Waals surface area (Å²) < 4.78 is 5.63. The fraction of sp³-hybridized carbons (Fsp3) is 0.435. The molecule has 2 rings (SSSR count). The molecule has 2 aromatic rings. The number of rotatable bonds is 7. The molecular weight excluding hydrogens is 338 g/mol. The van der Waals surface area contributed by atoms with Gasteiger partial charge in [-0.3, -0.25) is 0 Å². The molecule has 0 radical (unpaired) electrons. The van der Waals surface area contributed by atoms with Gasteiger partial charge in [0.2, 0.25) is 0 Å². The Morgan fingerprint density at radius 2 is 1.67 bits per heavy atom. The Morgan fingerprint density at radius 1 is 1.04 bits per heavy atom. The van der Waals surface area contributed by atoms with Crippen molar-refractivity contribution in [1.29, 1.82) is 0 Å². The zero-order valence-electron chi connectivity index (χ0n) is 16.8. The van der Waals surface area contributed by atoms with E-state index in [1.165, 1.54) is 5.56 Å². The van der Waals surface area contributed by atoms with Crippen molar-refractivity contribution >= 4 is 6.09 Å². The second kappa shape index (κ2) is 9.45. The number of carbonyl (C=O) groups is 1. The van der Waals surface area contributed by atoms with Crippen molar-refractivity contribution in [3.8, 4) is 5.75 Å². The van der Waals surface area contributed by atoms with Crippen molar-refractivity contribution in [2.75, 3.05) is 6.54 Å². The minimum absolute atomic E-state index is 0.0436. The van der Waals surface area contributed by atoms with Crippen LogP contribution in [0.3, 0.4) is 0 Å². The molecule has 2 aromatic carbocycles. The second-order valence-corrected chi connectivity index (χ2v) is 7.98. The summed E-state index contributed by atoms with van der Waals surface area (Å²) in [6.45, 7) is 8.37. The van der Waals surface area contributed by atoms with E-state index in [1.807, 2.05) is 56.0 Å². The first-order valence-electron chi connectivity index (χ1n) is 9.56. The zero-order chi connectivity index (χ0) is 19.9. The van der Waals surface area contributed by atoms with E-state index >= 15 is 0 Å². The summed E-state index contributed by atoms with van der Waals surface area (Å²) in [7, 11) is 0. The largest absolute Gasteiger partial charge is 0.508 e. The maximum Gasteiger partial charge on any atom is 0.410 e.